The Labute approximate surface area is 121 Å². The Morgan fingerprint density at radius 3 is 2.29 bits per heavy atom. The number of aromatic carboxylic acids is 1. The highest BCUT2D eigenvalue weighted by molar-refractivity contribution is 7.88. The van der Waals surface area contributed by atoms with Gasteiger partial charge in [-0.05, 0) is 0 Å². The first-order valence-electron chi connectivity index (χ1n) is 6.21. The van der Waals surface area contributed by atoms with E-state index in [1.54, 1.807) is 0 Å². The number of amides is 1. The average Bonchev–Trinajstić information content (AvgIpc) is 2.79. The van der Waals surface area contributed by atoms with Gasteiger partial charge in [-0.1, -0.05) is 0 Å². The van der Waals surface area contributed by atoms with E-state index in [0.717, 1.165) is 6.26 Å². The first-order chi connectivity index (χ1) is 9.70. The minimum absolute atomic E-state index is 0.127. The highest BCUT2D eigenvalue weighted by Crippen LogP contribution is 2.13. The molecule has 0 spiro atoms. The van der Waals surface area contributed by atoms with Gasteiger partial charge in [-0.25, -0.2) is 13.2 Å². The van der Waals surface area contributed by atoms with Crippen LogP contribution in [0.5, 0.6) is 0 Å². The Morgan fingerprint density at radius 2 is 1.81 bits per heavy atom. The van der Waals surface area contributed by atoms with E-state index in [-0.39, 0.29) is 37.4 Å². The van der Waals surface area contributed by atoms with Crippen molar-refractivity contribution in [1.29, 1.82) is 0 Å². The summed E-state index contributed by atoms with van der Waals surface area (Å²) in [6.07, 6.45) is 2.38. The highest BCUT2D eigenvalue weighted by atomic mass is 32.2. The maximum absolute atomic E-state index is 12.3. The molecule has 0 bridgehead atoms. The van der Waals surface area contributed by atoms with Crippen LogP contribution in [0.4, 0.5) is 0 Å². The third-order valence-electron chi connectivity index (χ3n) is 3.26. The largest absolute Gasteiger partial charge is 0.478 e. The molecule has 0 radical (unpaired) electrons. The lowest BCUT2D eigenvalue weighted by Crippen LogP contribution is -2.50. The van der Waals surface area contributed by atoms with E-state index in [9.17, 15) is 18.0 Å². The number of carboxylic acids is 1. The van der Waals surface area contributed by atoms with Crippen LogP contribution >= 0.6 is 0 Å². The highest BCUT2D eigenvalue weighted by Gasteiger charge is 2.30. The van der Waals surface area contributed by atoms with Gasteiger partial charge in [0.1, 0.15) is 5.56 Å². The summed E-state index contributed by atoms with van der Waals surface area (Å²) in [6, 6.07) is 0. The molecule has 116 valence electrons. The number of aryl methyl sites for hydroxylation is 1. The van der Waals surface area contributed by atoms with Crippen molar-refractivity contribution in [1.82, 2.24) is 19.0 Å². The molecular formula is C11H16N4O5S. The lowest BCUT2D eigenvalue weighted by molar-refractivity contribution is 0.0653. The number of carboxylic acid groups (broad SMARTS) is 1. The average molecular weight is 316 g/mol. The number of hydrogen-bond donors (Lipinski definition) is 1. The van der Waals surface area contributed by atoms with E-state index < -0.39 is 21.9 Å². The Bertz CT molecular complexity index is 673. The number of carbonyl (C=O) groups excluding carboxylic acids is 1. The Balaban J connectivity index is 2.14. The van der Waals surface area contributed by atoms with Crippen molar-refractivity contribution in [3.8, 4) is 0 Å². The Morgan fingerprint density at radius 1 is 1.24 bits per heavy atom. The van der Waals surface area contributed by atoms with Crippen molar-refractivity contribution in [2.75, 3.05) is 32.4 Å². The van der Waals surface area contributed by atoms with E-state index in [1.165, 1.54) is 27.1 Å². The van der Waals surface area contributed by atoms with Gasteiger partial charge in [0.05, 0.1) is 6.26 Å². The molecule has 1 aromatic heterocycles. The Hall–Kier alpha value is -1.94. The van der Waals surface area contributed by atoms with Crippen LogP contribution in [0.25, 0.3) is 0 Å². The normalized spacial score (nSPS) is 17.0. The van der Waals surface area contributed by atoms with Gasteiger partial charge in [-0.15, -0.1) is 0 Å². The summed E-state index contributed by atoms with van der Waals surface area (Å²) in [5.41, 5.74) is -0.286. The molecule has 21 heavy (non-hydrogen) atoms. The van der Waals surface area contributed by atoms with Crippen LogP contribution in [0.15, 0.2) is 6.20 Å². The van der Waals surface area contributed by atoms with Crippen molar-refractivity contribution in [2.24, 2.45) is 7.05 Å². The van der Waals surface area contributed by atoms with Gasteiger partial charge in [0.25, 0.3) is 5.91 Å². The molecule has 10 heteroatoms. The first kappa shape index (κ1) is 15.4. The van der Waals surface area contributed by atoms with Gasteiger partial charge >= 0.3 is 5.97 Å². The van der Waals surface area contributed by atoms with Crippen LogP contribution in [0.1, 0.15) is 20.8 Å². The topological polar surface area (TPSA) is 113 Å². The molecule has 1 aliphatic rings. The molecule has 2 rings (SSSR count). The molecule has 0 aliphatic carbocycles. The van der Waals surface area contributed by atoms with Gasteiger partial charge in [0, 0.05) is 39.4 Å². The van der Waals surface area contributed by atoms with Gasteiger partial charge in [-0.3, -0.25) is 9.48 Å². The molecule has 1 amide bonds. The van der Waals surface area contributed by atoms with E-state index in [1.807, 2.05) is 0 Å². The molecule has 0 saturated carbocycles. The van der Waals surface area contributed by atoms with Crippen LogP contribution in [0.3, 0.4) is 0 Å². The van der Waals surface area contributed by atoms with Gasteiger partial charge < -0.3 is 10.0 Å². The summed E-state index contributed by atoms with van der Waals surface area (Å²) in [6.45, 7) is 0.808. The van der Waals surface area contributed by atoms with Crippen LogP contribution in [0.2, 0.25) is 0 Å². The van der Waals surface area contributed by atoms with Gasteiger partial charge in [0.15, 0.2) is 5.69 Å². The third-order valence-corrected chi connectivity index (χ3v) is 4.56. The maximum Gasteiger partial charge on any atom is 0.339 e. The van der Waals surface area contributed by atoms with Gasteiger partial charge in [0.2, 0.25) is 10.0 Å². The zero-order valence-electron chi connectivity index (χ0n) is 11.7. The number of carbonyl (C=O) groups is 2. The van der Waals surface area contributed by atoms with Crippen LogP contribution < -0.4 is 0 Å². The maximum atomic E-state index is 12.3. The Kier molecular flexibility index (Phi) is 4.01. The second-order valence-corrected chi connectivity index (χ2v) is 6.81. The summed E-state index contributed by atoms with van der Waals surface area (Å²) in [4.78, 5) is 24.8. The smallest absolute Gasteiger partial charge is 0.339 e. The SMILES string of the molecule is Cn1cc(C(=O)O)c(C(=O)N2CCN(S(C)(=O)=O)CC2)n1. The predicted molar refractivity (Wildman–Crippen MR) is 72.5 cm³/mol. The summed E-state index contributed by atoms with van der Waals surface area (Å²) in [5.74, 6) is -1.72. The van der Waals surface area contributed by atoms with Crippen molar-refractivity contribution < 1.29 is 23.1 Å². The fourth-order valence-corrected chi connectivity index (χ4v) is 3.00. The van der Waals surface area contributed by atoms with Crippen molar-refractivity contribution in [2.45, 2.75) is 0 Å². The molecule has 0 aromatic carbocycles. The molecule has 0 unspecified atom stereocenters. The summed E-state index contributed by atoms with van der Waals surface area (Å²) in [5, 5.41) is 13.0. The number of sulfonamides is 1. The fraction of sp³-hybridized carbons (Fsp3) is 0.545. The number of hydrogen-bond acceptors (Lipinski definition) is 5. The van der Waals surface area contributed by atoms with E-state index in [2.05, 4.69) is 5.10 Å². The van der Waals surface area contributed by atoms with Crippen LogP contribution in [0, 0.1) is 0 Å². The second kappa shape index (κ2) is 5.45. The van der Waals surface area contributed by atoms with Crippen molar-refractivity contribution in [3.63, 3.8) is 0 Å². The molecular weight excluding hydrogens is 300 g/mol. The molecule has 0 atom stereocenters. The second-order valence-electron chi connectivity index (χ2n) is 4.82. The molecule has 1 aromatic rings. The van der Waals surface area contributed by atoms with Crippen molar-refractivity contribution in [3.05, 3.63) is 17.5 Å². The quantitative estimate of drug-likeness (QED) is 0.752. The molecule has 9 nitrogen and oxygen atoms in total. The van der Waals surface area contributed by atoms with Crippen LogP contribution in [-0.2, 0) is 17.1 Å². The number of nitrogens with zero attached hydrogens (tertiary/aromatic N) is 4. The zero-order chi connectivity index (χ0) is 15.8. The lowest BCUT2D eigenvalue weighted by Gasteiger charge is -2.32. The first-order valence-corrected chi connectivity index (χ1v) is 8.06. The summed E-state index contributed by atoms with van der Waals surface area (Å²) < 4.78 is 25.4. The minimum Gasteiger partial charge on any atom is -0.478 e. The molecule has 1 N–H and O–H groups in total. The standard InChI is InChI=1S/C11H16N4O5S/c1-13-7-8(11(17)18)9(12-13)10(16)14-3-5-15(6-4-14)21(2,19)20/h7H,3-6H2,1-2H3,(H,17,18). The summed E-state index contributed by atoms with van der Waals surface area (Å²) in [7, 11) is -1.74. The number of rotatable bonds is 3. The monoisotopic (exact) mass is 316 g/mol. The van der Waals surface area contributed by atoms with E-state index in [4.69, 9.17) is 5.11 Å². The molecule has 2 heterocycles. The number of piperazine rings is 1. The molecule has 1 saturated heterocycles. The van der Waals surface area contributed by atoms with Crippen molar-refractivity contribution >= 4 is 21.9 Å². The molecule has 1 aliphatic heterocycles. The number of aromatic nitrogens is 2. The van der Waals surface area contributed by atoms with Gasteiger partial charge in [-0.2, -0.15) is 9.40 Å². The van der Waals surface area contributed by atoms with E-state index >= 15 is 0 Å². The minimum atomic E-state index is -3.28. The summed E-state index contributed by atoms with van der Waals surface area (Å²) >= 11 is 0. The zero-order valence-corrected chi connectivity index (χ0v) is 12.5. The third kappa shape index (κ3) is 3.22. The lowest BCUT2D eigenvalue weighted by atomic mass is 10.2. The fourth-order valence-electron chi connectivity index (χ4n) is 2.18. The van der Waals surface area contributed by atoms with E-state index in [0.29, 0.717) is 0 Å². The predicted octanol–water partition coefficient (Wildman–Crippen LogP) is -1.16. The molecule has 1 fully saturated rings. The van der Waals surface area contributed by atoms with Crippen LogP contribution in [-0.4, -0.2) is 76.8 Å².